The van der Waals surface area contributed by atoms with Gasteiger partial charge in [-0.1, -0.05) is 6.07 Å². The second kappa shape index (κ2) is 6.30. The van der Waals surface area contributed by atoms with Gasteiger partial charge in [-0.05, 0) is 44.4 Å². The highest BCUT2D eigenvalue weighted by Crippen LogP contribution is 2.40. The molecule has 0 radical (unpaired) electrons. The van der Waals surface area contributed by atoms with Crippen molar-refractivity contribution < 1.29 is 13.2 Å². The van der Waals surface area contributed by atoms with E-state index >= 15 is 0 Å². The summed E-state index contributed by atoms with van der Waals surface area (Å²) in [6, 6.07) is 5.47. The fourth-order valence-corrected chi connectivity index (χ4v) is 2.43. The standard InChI is InChI=1S/C17H19F3N4/c1-3-21-16-23-14(11-5-6-11)9-15(24-16)22-13-8-12(17(18,19)20)7-4-10(13)2/h4,7-9,11H,3,5-6H2,1-2H3,(H2,21,22,23,24). The summed E-state index contributed by atoms with van der Waals surface area (Å²) >= 11 is 0. The van der Waals surface area contributed by atoms with E-state index in [4.69, 9.17) is 0 Å². The van der Waals surface area contributed by atoms with Crippen LogP contribution in [0.15, 0.2) is 24.3 Å². The first kappa shape index (κ1) is 16.5. The van der Waals surface area contributed by atoms with Crippen molar-refractivity contribution >= 4 is 17.5 Å². The molecule has 0 spiro atoms. The maximum absolute atomic E-state index is 12.9. The molecule has 4 nitrogen and oxygen atoms in total. The predicted octanol–water partition coefficient (Wildman–Crippen LogP) is 4.86. The molecular weight excluding hydrogens is 317 g/mol. The van der Waals surface area contributed by atoms with Gasteiger partial charge in [0.15, 0.2) is 0 Å². The number of anilines is 3. The number of hydrogen-bond acceptors (Lipinski definition) is 4. The SMILES string of the molecule is CCNc1nc(Nc2cc(C(F)(F)F)ccc2C)cc(C2CC2)n1. The fraction of sp³-hybridized carbons (Fsp3) is 0.412. The summed E-state index contributed by atoms with van der Waals surface area (Å²) in [5.41, 5.74) is 1.36. The molecule has 24 heavy (non-hydrogen) atoms. The van der Waals surface area contributed by atoms with Crippen molar-refractivity contribution in [3.05, 3.63) is 41.1 Å². The topological polar surface area (TPSA) is 49.8 Å². The van der Waals surface area contributed by atoms with Gasteiger partial charge in [-0.2, -0.15) is 18.2 Å². The van der Waals surface area contributed by atoms with Gasteiger partial charge in [0.25, 0.3) is 0 Å². The van der Waals surface area contributed by atoms with E-state index in [1.165, 1.54) is 6.07 Å². The first-order valence-corrected chi connectivity index (χ1v) is 7.94. The Labute approximate surface area is 138 Å². The van der Waals surface area contributed by atoms with E-state index in [0.29, 0.717) is 29.9 Å². The van der Waals surface area contributed by atoms with Crippen molar-refractivity contribution in [2.24, 2.45) is 0 Å². The highest BCUT2D eigenvalue weighted by Gasteiger charge is 2.31. The lowest BCUT2D eigenvalue weighted by molar-refractivity contribution is -0.137. The van der Waals surface area contributed by atoms with Crippen LogP contribution in [0.1, 0.15) is 42.5 Å². The maximum Gasteiger partial charge on any atom is 0.416 e. The Morgan fingerprint density at radius 1 is 1.17 bits per heavy atom. The molecule has 128 valence electrons. The van der Waals surface area contributed by atoms with E-state index in [0.717, 1.165) is 36.2 Å². The van der Waals surface area contributed by atoms with E-state index < -0.39 is 11.7 Å². The Morgan fingerprint density at radius 3 is 2.54 bits per heavy atom. The van der Waals surface area contributed by atoms with Crippen molar-refractivity contribution in [2.75, 3.05) is 17.2 Å². The Hall–Kier alpha value is -2.31. The molecule has 0 unspecified atom stereocenters. The Kier molecular flexibility index (Phi) is 4.34. The Balaban J connectivity index is 1.92. The van der Waals surface area contributed by atoms with E-state index in [-0.39, 0.29) is 0 Å². The molecule has 1 fully saturated rings. The van der Waals surface area contributed by atoms with Crippen LogP contribution in [0.5, 0.6) is 0 Å². The van der Waals surface area contributed by atoms with Crippen molar-refractivity contribution in [3.63, 3.8) is 0 Å². The van der Waals surface area contributed by atoms with Gasteiger partial charge >= 0.3 is 6.18 Å². The van der Waals surface area contributed by atoms with Gasteiger partial charge in [0.05, 0.1) is 11.3 Å². The van der Waals surface area contributed by atoms with Gasteiger partial charge < -0.3 is 10.6 Å². The van der Waals surface area contributed by atoms with Gasteiger partial charge in [-0.25, -0.2) is 4.98 Å². The van der Waals surface area contributed by atoms with Crippen LogP contribution >= 0.6 is 0 Å². The van der Waals surface area contributed by atoms with E-state index in [1.54, 1.807) is 6.92 Å². The number of benzene rings is 1. The molecule has 1 aliphatic rings. The molecule has 1 aliphatic carbocycles. The summed E-state index contributed by atoms with van der Waals surface area (Å²) in [6.45, 7) is 4.38. The quantitative estimate of drug-likeness (QED) is 0.819. The summed E-state index contributed by atoms with van der Waals surface area (Å²) in [4.78, 5) is 8.81. The Bertz CT molecular complexity index is 739. The molecule has 7 heteroatoms. The zero-order valence-corrected chi connectivity index (χ0v) is 13.5. The number of halogens is 3. The summed E-state index contributed by atoms with van der Waals surface area (Å²) in [5.74, 6) is 1.42. The van der Waals surface area contributed by atoms with Crippen LogP contribution in [0.4, 0.5) is 30.6 Å². The minimum Gasteiger partial charge on any atom is -0.354 e. The van der Waals surface area contributed by atoms with E-state index in [2.05, 4.69) is 20.6 Å². The third-order valence-electron chi connectivity index (χ3n) is 3.90. The van der Waals surface area contributed by atoms with Crippen LogP contribution in [0.3, 0.4) is 0 Å². The second-order valence-corrected chi connectivity index (χ2v) is 5.96. The van der Waals surface area contributed by atoms with Crippen LogP contribution in [0.2, 0.25) is 0 Å². The fourth-order valence-electron chi connectivity index (χ4n) is 2.43. The number of alkyl halides is 3. The van der Waals surface area contributed by atoms with Crippen molar-refractivity contribution in [1.82, 2.24) is 9.97 Å². The summed E-state index contributed by atoms with van der Waals surface area (Å²) in [7, 11) is 0. The molecule has 3 rings (SSSR count). The summed E-state index contributed by atoms with van der Waals surface area (Å²) in [6.07, 6.45) is -2.20. The molecule has 0 saturated heterocycles. The maximum atomic E-state index is 12.9. The monoisotopic (exact) mass is 336 g/mol. The highest BCUT2D eigenvalue weighted by molar-refractivity contribution is 5.63. The van der Waals surface area contributed by atoms with Crippen molar-refractivity contribution in [3.8, 4) is 0 Å². The molecule has 1 aromatic heterocycles. The van der Waals surface area contributed by atoms with Gasteiger partial charge in [0.1, 0.15) is 5.82 Å². The minimum atomic E-state index is -4.37. The molecule has 0 amide bonds. The second-order valence-electron chi connectivity index (χ2n) is 5.96. The molecule has 0 atom stereocenters. The van der Waals surface area contributed by atoms with Crippen LogP contribution in [0, 0.1) is 6.92 Å². The number of aromatic nitrogens is 2. The lowest BCUT2D eigenvalue weighted by Gasteiger charge is -2.14. The normalized spacial score (nSPS) is 14.5. The number of aryl methyl sites for hydroxylation is 1. The minimum absolute atomic E-state index is 0.396. The third kappa shape index (κ3) is 3.77. The average molecular weight is 336 g/mol. The molecule has 1 heterocycles. The lowest BCUT2D eigenvalue weighted by atomic mass is 10.1. The first-order valence-electron chi connectivity index (χ1n) is 7.94. The number of rotatable bonds is 5. The molecule has 1 aromatic carbocycles. The van der Waals surface area contributed by atoms with Crippen LogP contribution in [-0.2, 0) is 6.18 Å². The number of nitrogens with zero attached hydrogens (tertiary/aromatic N) is 2. The first-order chi connectivity index (χ1) is 11.4. The van der Waals surface area contributed by atoms with E-state index in [1.807, 2.05) is 13.0 Å². The molecular formula is C17H19F3N4. The zero-order chi connectivity index (χ0) is 17.3. The van der Waals surface area contributed by atoms with Crippen LogP contribution in [-0.4, -0.2) is 16.5 Å². The molecule has 1 saturated carbocycles. The number of hydrogen-bond donors (Lipinski definition) is 2. The number of nitrogens with one attached hydrogen (secondary N) is 2. The molecule has 2 aromatic rings. The van der Waals surface area contributed by atoms with Crippen LogP contribution in [0.25, 0.3) is 0 Å². The molecule has 0 bridgehead atoms. The van der Waals surface area contributed by atoms with Gasteiger partial charge in [0, 0.05) is 24.2 Å². The van der Waals surface area contributed by atoms with Crippen molar-refractivity contribution in [2.45, 2.75) is 38.8 Å². The largest absolute Gasteiger partial charge is 0.416 e. The van der Waals surface area contributed by atoms with Crippen molar-refractivity contribution in [1.29, 1.82) is 0 Å². The van der Waals surface area contributed by atoms with E-state index in [9.17, 15) is 13.2 Å². The van der Waals surface area contributed by atoms with Crippen LogP contribution < -0.4 is 10.6 Å². The third-order valence-corrected chi connectivity index (χ3v) is 3.90. The molecule has 2 N–H and O–H groups in total. The lowest BCUT2D eigenvalue weighted by Crippen LogP contribution is -2.08. The average Bonchev–Trinajstić information content (AvgIpc) is 3.33. The molecule has 0 aliphatic heterocycles. The Morgan fingerprint density at radius 2 is 1.92 bits per heavy atom. The predicted molar refractivity (Wildman–Crippen MR) is 87.6 cm³/mol. The zero-order valence-electron chi connectivity index (χ0n) is 13.5. The highest BCUT2D eigenvalue weighted by atomic mass is 19.4. The summed E-state index contributed by atoms with van der Waals surface area (Å²) in [5, 5.41) is 6.08. The van der Waals surface area contributed by atoms with Gasteiger partial charge in [0.2, 0.25) is 5.95 Å². The van der Waals surface area contributed by atoms with Gasteiger partial charge in [-0.3, -0.25) is 0 Å². The smallest absolute Gasteiger partial charge is 0.354 e. The summed E-state index contributed by atoms with van der Waals surface area (Å²) < 4.78 is 38.8. The van der Waals surface area contributed by atoms with Gasteiger partial charge in [-0.15, -0.1) is 0 Å².